The highest BCUT2D eigenvalue weighted by Gasteiger charge is 2.21. The zero-order valence-corrected chi connectivity index (χ0v) is 11.3. The van der Waals surface area contributed by atoms with Crippen molar-refractivity contribution in [1.82, 2.24) is 5.32 Å². The van der Waals surface area contributed by atoms with Gasteiger partial charge in [-0.05, 0) is 55.7 Å². The average Bonchev–Trinajstić information content (AvgIpc) is 2.93. The number of nitrogens with one attached hydrogen (secondary N) is 1. The smallest absolute Gasteiger partial charge is 0.0108 e. The van der Waals surface area contributed by atoms with Crippen molar-refractivity contribution in [2.24, 2.45) is 0 Å². The van der Waals surface area contributed by atoms with Crippen molar-refractivity contribution in [3.8, 4) is 0 Å². The first-order valence-corrected chi connectivity index (χ1v) is 7.74. The molecule has 0 bridgehead atoms. The molecule has 1 nitrogen and oxygen atoms in total. The lowest BCUT2D eigenvalue weighted by Crippen LogP contribution is -2.24. The zero-order chi connectivity index (χ0) is 12.2. The second-order valence-electron chi connectivity index (χ2n) is 6.03. The minimum Gasteiger partial charge on any atom is -0.314 e. The summed E-state index contributed by atoms with van der Waals surface area (Å²) >= 11 is 0. The zero-order valence-electron chi connectivity index (χ0n) is 11.3. The van der Waals surface area contributed by atoms with Crippen LogP contribution in [0.1, 0.15) is 62.0 Å². The summed E-state index contributed by atoms with van der Waals surface area (Å²) in [7, 11) is 0. The molecule has 18 heavy (non-hydrogen) atoms. The van der Waals surface area contributed by atoms with Gasteiger partial charge in [0.15, 0.2) is 0 Å². The summed E-state index contributed by atoms with van der Waals surface area (Å²) in [4.78, 5) is 0. The number of hydrogen-bond acceptors (Lipinski definition) is 1. The third kappa shape index (κ3) is 2.77. The lowest BCUT2D eigenvalue weighted by atomic mass is 9.81. The molecule has 1 aromatic rings. The van der Waals surface area contributed by atoms with Crippen LogP contribution in [0.4, 0.5) is 0 Å². The molecule has 2 fully saturated rings. The second kappa shape index (κ2) is 5.88. The Morgan fingerprint density at radius 1 is 0.944 bits per heavy atom. The van der Waals surface area contributed by atoms with Gasteiger partial charge in [0.05, 0.1) is 0 Å². The van der Waals surface area contributed by atoms with E-state index in [9.17, 15) is 0 Å². The molecule has 1 saturated carbocycles. The van der Waals surface area contributed by atoms with E-state index < -0.39 is 0 Å². The van der Waals surface area contributed by atoms with Crippen LogP contribution >= 0.6 is 0 Å². The Morgan fingerprint density at radius 3 is 2.56 bits per heavy atom. The summed E-state index contributed by atoms with van der Waals surface area (Å²) in [5, 5.41) is 3.64. The standard InChI is InChI=1S/C17H25N/c1-2-7-14(8-3-1)17-11-5-4-9-15(17)13-16-10-6-12-18-16/h4-5,9,11,14,16,18H,1-3,6-8,10,12-13H2. The largest absolute Gasteiger partial charge is 0.314 e. The highest BCUT2D eigenvalue weighted by molar-refractivity contribution is 5.31. The summed E-state index contributed by atoms with van der Waals surface area (Å²) in [6, 6.07) is 9.94. The van der Waals surface area contributed by atoms with E-state index in [1.165, 1.54) is 57.9 Å². The monoisotopic (exact) mass is 243 g/mol. The SMILES string of the molecule is c1ccc(C2CCCCC2)c(CC2CCCN2)c1. The first kappa shape index (κ1) is 12.2. The summed E-state index contributed by atoms with van der Waals surface area (Å²) in [6.07, 6.45) is 11.1. The Kier molecular flexibility index (Phi) is 3.99. The van der Waals surface area contributed by atoms with Gasteiger partial charge in [0, 0.05) is 6.04 Å². The van der Waals surface area contributed by atoms with E-state index in [-0.39, 0.29) is 0 Å². The molecule has 1 aromatic carbocycles. The number of rotatable bonds is 3. The first-order chi connectivity index (χ1) is 8.93. The number of hydrogen-bond donors (Lipinski definition) is 1. The van der Waals surface area contributed by atoms with Crippen LogP contribution < -0.4 is 5.32 Å². The Labute approximate surface area is 111 Å². The van der Waals surface area contributed by atoms with Crippen molar-refractivity contribution in [3.63, 3.8) is 0 Å². The Hall–Kier alpha value is -0.820. The highest BCUT2D eigenvalue weighted by atomic mass is 14.9. The number of benzene rings is 1. The molecule has 1 N–H and O–H groups in total. The normalized spacial score (nSPS) is 25.4. The molecule has 0 spiro atoms. The van der Waals surface area contributed by atoms with E-state index in [2.05, 4.69) is 29.6 Å². The fourth-order valence-electron chi connectivity index (χ4n) is 3.73. The Bertz CT molecular complexity index is 373. The van der Waals surface area contributed by atoms with Crippen LogP contribution in [0.15, 0.2) is 24.3 Å². The maximum absolute atomic E-state index is 3.64. The molecule has 1 atom stereocenters. The average molecular weight is 243 g/mol. The first-order valence-electron chi connectivity index (χ1n) is 7.74. The highest BCUT2D eigenvalue weighted by Crippen LogP contribution is 2.34. The van der Waals surface area contributed by atoms with Gasteiger partial charge in [0.2, 0.25) is 0 Å². The lowest BCUT2D eigenvalue weighted by molar-refractivity contribution is 0.440. The summed E-state index contributed by atoms with van der Waals surface area (Å²) in [5.74, 6) is 0.844. The van der Waals surface area contributed by atoms with E-state index in [4.69, 9.17) is 0 Å². The van der Waals surface area contributed by atoms with E-state index >= 15 is 0 Å². The molecule has 1 unspecified atom stereocenters. The minimum absolute atomic E-state index is 0.731. The van der Waals surface area contributed by atoms with Gasteiger partial charge >= 0.3 is 0 Å². The third-order valence-corrected chi connectivity index (χ3v) is 4.73. The van der Waals surface area contributed by atoms with E-state index in [1.54, 1.807) is 11.1 Å². The molecule has 0 amide bonds. The van der Waals surface area contributed by atoms with Crippen LogP contribution in [0.5, 0.6) is 0 Å². The molecule has 3 rings (SSSR count). The quantitative estimate of drug-likeness (QED) is 0.845. The van der Waals surface area contributed by atoms with Crippen molar-refractivity contribution in [3.05, 3.63) is 35.4 Å². The Morgan fingerprint density at radius 2 is 1.78 bits per heavy atom. The third-order valence-electron chi connectivity index (χ3n) is 4.73. The fraction of sp³-hybridized carbons (Fsp3) is 0.647. The van der Waals surface area contributed by atoms with Crippen LogP contribution in [-0.4, -0.2) is 12.6 Å². The van der Waals surface area contributed by atoms with Gasteiger partial charge in [-0.2, -0.15) is 0 Å². The van der Waals surface area contributed by atoms with Gasteiger partial charge < -0.3 is 5.32 Å². The molecular formula is C17H25N. The van der Waals surface area contributed by atoms with Gasteiger partial charge in [-0.25, -0.2) is 0 Å². The van der Waals surface area contributed by atoms with E-state index in [0.717, 1.165) is 12.0 Å². The lowest BCUT2D eigenvalue weighted by Gasteiger charge is -2.25. The fourth-order valence-corrected chi connectivity index (χ4v) is 3.73. The maximum atomic E-state index is 3.64. The van der Waals surface area contributed by atoms with E-state index in [0.29, 0.717) is 0 Å². The molecule has 0 radical (unpaired) electrons. The van der Waals surface area contributed by atoms with Gasteiger partial charge in [0.25, 0.3) is 0 Å². The molecule has 98 valence electrons. The van der Waals surface area contributed by atoms with Gasteiger partial charge in [-0.15, -0.1) is 0 Å². The molecule has 2 aliphatic rings. The molecule has 1 heterocycles. The van der Waals surface area contributed by atoms with Crippen molar-refractivity contribution >= 4 is 0 Å². The molecule has 1 aliphatic carbocycles. The predicted molar refractivity (Wildman–Crippen MR) is 77.0 cm³/mol. The van der Waals surface area contributed by atoms with Crippen LogP contribution in [0.25, 0.3) is 0 Å². The summed E-state index contributed by atoms with van der Waals surface area (Å²) < 4.78 is 0. The van der Waals surface area contributed by atoms with Crippen molar-refractivity contribution in [2.45, 2.75) is 63.3 Å². The van der Waals surface area contributed by atoms with Gasteiger partial charge in [-0.1, -0.05) is 43.5 Å². The van der Waals surface area contributed by atoms with Crippen LogP contribution in [0.2, 0.25) is 0 Å². The van der Waals surface area contributed by atoms with Gasteiger partial charge in [0.1, 0.15) is 0 Å². The van der Waals surface area contributed by atoms with Gasteiger partial charge in [-0.3, -0.25) is 0 Å². The van der Waals surface area contributed by atoms with Crippen molar-refractivity contribution < 1.29 is 0 Å². The molecule has 1 aliphatic heterocycles. The minimum atomic E-state index is 0.731. The maximum Gasteiger partial charge on any atom is 0.0108 e. The topological polar surface area (TPSA) is 12.0 Å². The van der Waals surface area contributed by atoms with Crippen LogP contribution in [0, 0.1) is 0 Å². The van der Waals surface area contributed by atoms with E-state index in [1.807, 2.05) is 0 Å². The van der Waals surface area contributed by atoms with Crippen LogP contribution in [0.3, 0.4) is 0 Å². The Balaban J connectivity index is 1.75. The predicted octanol–water partition coefficient (Wildman–Crippen LogP) is 4.03. The summed E-state index contributed by atoms with van der Waals surface area (Å²) in [6.45, 7) is 1.22. The molecule has 1 saturated heterocycles. The molecular weight excluding hydrogens is 218 g/mol. The molecule has 0 aromatic heterocycles. The molecule has 1 heteroatoms. The summed E-state index contributed by atoms with van der Waals surface area (Å²) in [5.41, 5.74) is 3.27. The van der Waals surface area contributed by atoms with Crippen molar-refractivity contribution in [2.75, 3.05) is 6.54 Å². The van der Waals surface area contributed by atoms with Crippen molar-refractivity contribution in [1.29, 1.82) is 0 Å². The van der Waals surface area contributed by atoms with Crippen LogP contribution in [-0.2, 0) is 6.42 Å². The second-order valence-corrected chi connectivity index (χ2v) is 6.03.